The fourth-order valence-electron chi connectivity index (χ4n) is 2.82. The Kier molecular flexibility index (Phi) is 2.68. The van der Waals surface area contributed by atoms with Crippen LogP contribution in [0.5, 0.6) is 0 Å². The third-order valence-corrected chi connectivity index (χ3v) is 3.83. The molecule has 1 fully saturated rings. The van der Waals surface area contributed by atoms with E-state index in [9.17, 15) is 0 Å². The minimum Gasteiger partial charge on any atom is -0.0985 e. The largest absolute Gasteiger partial charge is 0.0985 e. The molecule has 0 aromatic heterocycles. The molecule has 2 rings (SSSR count). The Balaban J connectivity index is 2.25. The van der Waals surface area contributed by atoms with Crippen LogP contribution in [0.25, 0.3) is 6.08 Å². The molecule has 1 aliphatic rings. The summed E-state index contributed by atoms with van der Waals surface area (Å²) in [7, 11) is 0. The first kappa shape index (κ1) is 10.5. The van der Waals surface area contributed by atoms with Gasteiger partial charge in [0.2, 0.25) is 0 Å². The Morgan fingerprint density at radius 3 is 2.47 bits per heavy atom. The second-order valence-electron chi connectivity index (χ2n) is 5.23. The number of hydrogen-bond acceptors (Lipinski definition) is 0. The average Bonchev–Trinajstić information content (AvgIpc) is 2.60. The van der Waals surface area contributed by atoms with Crippen molar-refractivity contribution in [3.05, 3.63) is 42.0 Å². The third kappa shape index (κ3) is 1.99. The van der Waals surface area contributed by atoms with E-state index in [-0.39, 0.29) is 0 Å². The second kappa shape index (κ2) is 3.84. The quantitative estimate of drug-likeness (QED) is 0.663. The first-order chi connectivity index (χ1) is 7.14. The molecule has 1 aliphatic carbocycles. The van der Waals surface area contributed by atoms with Crippen LogP contribution in [0.4, 0.5) is 0 Å². The maximum atomic E-state index is 3.79. The molecule has 0 spiro atoms. The maximum Gasteiger partial charge on any atom is -0.00726 e. The third-order valence-electron chi connectivity index (χ3n) is 3.83. The van der Waals surface area contributed by atoms with Gasteiger partial charge in [0.05, 0.1) is 0 Å². The van der Waals surface area contributed by atoms with Crippen LogP contribution in [-0.2, 0) is 5.41 Å². The smallest absolute Gasteiger partial charge is 0.00726 e. The van der Waals surface area contributed by atoms with E-state index in [1.807, 2.05) is 6.08 Å². The number of hydrogen-bond donors (Lipinski definition) is 0. The standard InChI is InChI=1S/C15H20/c1-4-13-5-7-14(8-6-13)15(3)10-9-12(2)11-15/h4-8,12H,1,9-11H2,2-3H3. The number of benzene rings is 1. The van der Waals surface area contributed by atoms with Gasteiger partial charge in [-0.2, -0.15) is 0 Å². The molecule has 1 aromatic rings. The van der Waals surface area contributed by atoms with E-state index in [1.165, 1.54) is 30.4 Å². The Morgan fingerprint density at radius 1 is 1.33 bits per heavy atom. The van der Waals surface area contributed by atoms with Gasteiger partial charge in [-0.15, -0.1) is 0 Å². The predicted molar refractivity (Wildman–Crippen MR) is 66.9 cm³/mol. The van der Waals surface area contributed by atoms with Crippen LogP contribution in [0.1, 0.15) is 44.2 Å². The van der Waals surface area contributed by atoms with Crippen LogP contribution in [-0.4, -0.2) is 0 Å². The molecule has 0 N–H and O–H groups in total. The van der Waals surface area contributed by atoms with Crippen molar-refractivity contribution in [2.45, 2.75) is 38.5 Å². The lowest BCUT2D eigenvalue weighted by molar-refractivity contribution is 0.466. The lowest BCUT2D eigenvalue weighted by Gasteiger charge is -2.24. The minimum absolute atomic E-state index is 0.416. The Morgan fingerprint density at radius 2 is 2.00 bits per heavy atom. The lowest BCUT2D eigenvalue weighted by atomic mass is 9.80. The zero-order valence-corrected chi connectivity index (χ0v) is 9.79. The van der Waals surface area contributed by atoms with E-state index < -0.39 is 0 Å². The maximum absolute atomic E-state index is 3.79. The van der Waals surface area contributed by atoms with Crippen molar-refractivity contribution in [3.8, 4) is 0 Å². The summed E-state index contributed by atoms with van der Waals surface area (Å²) < 4.78 is 0. The SMILES string of the molecule is C=Cc1ccc(C2(C)CCC(C)C2)cc1. The highest BCUT2D eigenvalue weighted by Crippen LogP contribution is 2.43. The molecule has 15 heavy (non-hydrogen) atoms. The van der Waals surface area contributed by atoms with E-state index in [0.717, 1.165) is 5.92 Å². The highest BCUT2D eigenvalue weighted by Gasteiger charge is 2.34. The van der Waals surface area contributed by atoms with Crippen LogP contribution in [0.15, 0.2) is 30.8 Å². The molecule has 80 valence electrons. The summed E-state index contributed by atoms with van der Waals surface area (Å²) in [5, 5.41) is 0. The van der Waals surface area contributed by atoms with Gasteiger partial charge >= 0.3 is 0 Å². The molecular formula is C15H20. The van der Waals surface area contributed by atoms with E-state index in [4.69, 9.17) is 0 Å². The summed E-state index contributed by atoms with van der Waals surface area (Å²) in [5.74, 6) is 0.883. The summed E-state index contributed by atoms with van der Waals surface area (Å²) in [6, 6.07) is 8.90. The summed E-state index contributed by atoms with van der Waals surface area (Å²) in [5.41, 5.74) is 3.13. The van der Waals surface area contributed by atoms with Crippen molar-refractivity contribution in [2.75, 3.05) is 0 Å². The van der Waals surface area contributed by atoms with Crippen LogP contribution >= 0.6 is 0 Å². The molecular weight excluding hydrogens is 180 g/mol. The molecule has 2 unspecified atom stereocenters. The van der Waals surface area contributed by atoms with E-state index in [1.54, 1.807) is 0 Å². The first-order valence-corrected chi connectivity index (χ1v) is 5.87. The highest BCUT2D eigenvalue weighted by molar-refractivity contribution is 5.48. The van der Waals surface area contributed by atoms with Crippen LogP contribution in [0.3, 0.4) is 0 Å². The molecule has 0 nitrogen and oxygen atoms in total. The van der Waals surface area contributed by atoms with Gasteiger partial charge in [-0.1, -0.05) is 50.8 Å². The van der Waals surface area contributed by atoms with Gasteiger partial charge in [0, 0.05) is 0 Å². The topological polar surface area (TPSA) is 0 Å². The molecule has 1 aromatic carbocycles. The summed E-state index contributed by atoms with van der Waals surface area (Å²) in [4.78, 5) is 0. The molecule has 0 bridgehead atoms. The molecule has 0 saturated heterocycles. The van der Waals surface area contributed by atoms with Crippen molar-refractivity contribution >= 4 is 6.08 Å². The Labute approximate surface area is 93.0 Å². The van der Waals surface area contributed by atoms with Crippen LogP contribution in [0, 0.1) is 5.92 Å². The van der Waals surface area contributed by atoms with Crippen LogP contribution < -0.4 is 0 Å². The Hall–Kier alpha value is -1.04. The first-order valence-electron chi connectivity index (χ1n) is 5.87. The molecule has 0 amide bonds. The van der Waals surface area contributed by atoms with Gasteiger partial charge in [-0.25, -0.2) is 0 Å². The normalized spacial score (nSPS) is 30.4. The van der Waals surface area contributed by atoms with Crippen molar-refractivity contribution in [1.82, 2.24) is 0 Å². The van der Waals surface area contributed by atoms with Gasteiger partial charge in [0.15, 0.2) is 0 Å². The van der Waals surface area contributed by atoms with Gasteiger partial charge < -0.3 is 0 Å². The van der Waals surface area contributed by atoms with E-state index in [2.05, 4.69) is 44.7 Å². The molecule has 2 atom stereocenters. The van der Waals surface area contributed by atoms with Crippen molar-refractivity contribution in [3.63, 3.8) is 0 Å². The molecule has 0 aliphatic heterocycles. The average molecular weight is 200 g/mol. The van der Waals surface area contributed by atoms with E-state index in [0.29, 0.717) is 5.41 Å². The lowest BCUT2D eigenvalue weighted by Crippen LogP contribution is -2.17. The zero-order chi connectivity index (χ0) is 10.9. The fraction of sp³-hybridized carbons (Fsp3) is 0.467. The van der Waals surface area contributed by atoms with Crippen LogP contribution in [0.2, 0.25) is 0 Å². The summed E-state index contributed by atoms with van der Waals surface area (Å²) in [6.07, 6.45) is 5.95. The highest BCUT2D eigenvalue weighted by atomic mass is 14.4. The molecule has 0 heterocycles. The fourth-order valence-corrected chi connectivity index (χ4v) is 2.82. The predicted octanol–water partition coefficient (Wildman–Crippen LogP) is 4.41. The van der Waals surface area contributed by atoms with Gasteiger partial charge in [0.25, 0.3) is 0 Å². The number of rotatable bonds is 2. The van der Waals surface area contributed by atoms with Crippen molar-refractivity contribution in [2.24, 2.45) is 5.92 Å². The molecule has 0 radical (unpaired) electrons. The van der Waals surface area contributed by atoms with E-state index >= 15 is 0 Å². The summed E-state index contributed by atoms with van der Waals surface area (Å²) >= 11 is 0. The zero-order valence-electron chi connectivity index (χ0n) is 9.79. The molecule has 1 saturated carbocycles. The molecule has 0 heteroatoms. The van der Waals surface area contributed by atoms with Gasteiger partial charge in [-0.3, -0.25) is 0 Å². The Bertz CT molecular complexity index is 347. The van der Waals surface area contributed by atoms with Gasteiger partial charge in [0.1, 0.15) is 0 Å². The second-order valence-corrected chi connectivity index (χ2v) is 5.23. The summed E-state index contributed by atoms with van der Waals surface area (Å²) in [6.45, 7) is 8.55. The van der Waals surface area contributed by atoms with Crippen molar-refractivity contribution in [1.29, 1.82) is 0 Å². The monoisotopic (exact) mass is 200 g/mol. The van der Waals surface area contributed by atoms with Gasteiger partial charge in [-0.05, 0) is 41.7 Å². The van der Waals surface area contributed by atoms with Crippen molar-refractivity contribution < 1.29 is 0 Å². The minimum atomic E-state index is 0.416.